The van der Waals surface area contributed by atoms with Gasteiger partial charge in [0.2, 0.25) is 0 Å². The molecule has 0 fully saturated rings. The first-order chi connectivity index (χ1) is 8.96. The monoisotopic (exact) mass is 282 g/mol. The van der Waals surface area contributed by atoms with Gasteiger partial charge in [0.1, 0.15) is 11.2 Å². The highest BCUT2D eigenvalue weighted by molar-refractivity contribution is 5.74. The predicted octanol–water partition coefficient (Wildman–Crippen LogP) is 2.55. The van der Waals surface area contributed by atoms with Gasteiger partial charge in [-0.05, 0) is 41.5 Å². The van der Waals surface area contributed by atoms with E-state index in [4.69, 9.17) is 9.47 Å². The van der Waals surface area contributed by atoms with E-state index in [2.05, 4.69) is 5.10 Å². The standard InChI is InChI=1S/C14H22N2O4/c1-13(2,3)19-11(17)7-10-8-15-16(9-10)12(18)20-14(4,5)6/h8-9H,7H2,1-6H3. The Balaban J connectivity index is 2.64. The van der Waals surface area contributed by atoms with Gasteiger partial charge in [0.15, 0.2) is 0 Å². The number of nitrogens with zero attached hydrogens (tertiary/aromatic N) is 2. The Morgan fingerprint density at radius 3 is 2.15 bits per heavy atom. The fourth-order valence-electron chi connectivity index (χ4n) is 1.40. The average Bonchev–Trinajstić information content (AvgIpc) is 2.59. The predicted molar refractivity (Wildman–Crippen MR) is 73.4 cm³/mol. The zero-order valence-corrected chi connectivity index (χ0v) is 12.9. The van der Waals surface area contributed by atoms with Crippen molar-refractivity contribution in [3.8, 4) is 0 Å². The average molecular weight is 282 g/mol. The number of carbonyl (C=O) groups excluding carboxylic acids is 2. The molecular formula is C14H22N2O4. The van der Waals surface area contributed by atoms with Crippen molar-refractivity contribution in [2.24, 2.45) is 0 Å². The topological polar surface area (TPSA) is 70.4 Å². The maximum Gasteiger partial charge on any atom is 0.435 e. The van der Waals surface area contributed by atoms with E-state index in [1.54, 1.807) is 41.5 Å². The molecule has 6 heteroatoms. The van der Waals surface area contributed by atoms with Crippen LogP contribution in [0.1, 0.15) is 47.1 Å². The molecule has 0 N–H and O–H groups in total. The van der Waals surface area contributed by atoms with Crippen LogP contribution in [0, 0.1) is 0 Å². The number of esters is 1. The summed E-state index contributed by atoms with van der Waals surface area (Å²) < 4.78 is 11.4. The van der Waals surface area contributed by atoms with Crippen molar-refractivity contribution in [1.82, 2.24) is 9.78 Å². The molecule has 1 aromatic rings. The second-order valence-corrected chi connectivity index (χ2v) is 6.54. The van der Waals surface area contributed by atoms with Crippen LogP contribution in [0.4, 0.5) is 4.79 Å². The molecule has 0 unspecified atom stereocenters. The van der Waals surface area contributed by atoms with E-state index in [0.717, 1.165) is 4.68 Å². The highest BCUT2D eigenvalue weighted by Crippen LogP contribution is 2.11. The third-order valence-corrected chi connectivity index (χ3v) is 1.99. The van der Waals surface area contributed by atoms with Gasteiger partial charge in [0.25, 0.3) is 0 Å². The second-order valence-electron chi connectivity index (χ2n) is 6.54. The molecule has 0 aromatic carbocycles. The Morgan fingerprint density at radius 1 is 1.10 bits per heavy atom. The van der Waals surface area contributed by atoms with Crippen LogP contribution in [0.15, 0.2) is 12.4 Å². The molecule has 0 aliphatic rings. The van der Waals surface area contributed by atoms with Crippen LogP contribution in [0.2, 0.25) is 0 Å². The molecule has 0 radical (unpaired) electrons. The first-order valence-corrected chi connectivity index (χ1v) is 6.45. The Bertz CT molecular complexity index is 492. The van der Waals surface area contributed by atoms with Crippen molar-refractivity contribution in [3.63, 3.8) is 0 Å². The lowest BCUT2D eigenvalue weighted by atomic mass is 10.2. The second kappa shape index (κ2) is 5.64. The van der Waals surface area contributed by atoms with Crippen LogP contribution in [0.5, 0.6) is 0 Å². The van der Waals surface area contributed by atoms with Gasteiger partial charge >= 0.3 is 12.1 Å². The first kappa shape index (κ1) is 16.2. The zero-order chi connectivity index (χ0) is 15.6. The van der Waals surface area contributed by atoms with Gasteiger partial charge in [0.05, 0.1) is 12.6 Å². The maximum absolute atomic E-state index is 11.8. The molecule has 0 amide bonds. The van der Waals surface area contributed by atoms with E-state index < -0.39 is 17.3 Å². The van der Waals surface area contributed by atoms with Gasteiger partial charge in [0, 0.05) is 11.8 Å². The van der Waals surface area contributed by atoms with Crippen LogP contribution in [-0.2, 0) is 20.7 Å². The molecule has 0 spiro atoms. The van der Waals surface area contributed by atoms with Crippen molar-refractivity contribution in [3.05, 3.63) is 18.0 Å². The van der Waals surface area contributed by atoms with Crippen LogP contribution < -0.4 is 0 Å². The third-order valence-electron chi connectivity index (χ3n) is 1.99. The lowest BCUT2D eigenvalue weighted by molar-refractivity contribution is -0.153. The summed E-state index contributed by atoms with van der Waals surface area (Å²) in [4.78, 5) is 23.4. The van der Waals surface area contributed by atoms with E-state index in [1.807, 2.05) is 0 Å². The molecule has 112 valence electrons. The molecule has 20 heavy (non-hydrogen) atoms. The van der Waals surface area contributed by atoms with Gasteiger partial charge in [-0.25, -0.2) is 4.79 Å². The minimum Gasteiger partial charge on any atom is -0.460 e. The molecule has 0 bridgehead atoms. The Kier molecular flexibility index (Phi) is 4.57. The fraction of sp³-hybridized carbons (Fsp3) is 0.643. The molecular weight excluding hydrogens is 260 g/mol. The lowest BCUT2D eigenvalue weighted by Gasteiger charge is -2.19. The minimum atomic E-state index is -0.589. The highest BCUT2D eigenvalue weighted by Gasteiger charge is 2.20. The van der Waals surface area contributed by atoms with Crippen LogP contribution in [0.3, 0.4) is 0 Å². The summed E-state index contributed by atoms with van der Waals surface area (Å²) in [5, 5.41) is 3.88. The summed E-state index contributed by atoms with van der Waals surface area (Å²) in [7, 11) is 0. The largest absolute Gasteiger partial charge is 0.460 e. The third kappa shape index (κ3) is 5.86. The fourth-order valence-corrected chi connectivity index (χ4v) is 1.40. The number of rotatable bonds is 2. The van der Waals surface area contributed by atoms with E-state index in [-0.39, 0.29) is 12.4 Å². The van der Waals surface area contributed by atoms with E-state index in [0.29, 0.717) is 5.56 Å². The zero-order valence-electron chi connectivity index (χ0n) is 12.9. The summed E-state index contributed by atoms with van der Waals surface area (Å²) in [6.07, 6.45) is 2.42. The van der Waals surface area contributed by atoms with Crippen molar-refractivity contribution < 1.29 is 19.1 Å². The van der Waals surface area contributed by atoms with Crippen LogP contribution in [0.25, 0.3) is 0 Å². The summed E-state index contributed by atoms with van der Waals surface area (Å²) in [6.45, 7) is 10.7. The Morgan fingerprint density at radius 2 is 1.65 bits per heavy atom. The van der Waals surface area contributed by atoms with E-state index in [9.17, 15) is 9.59 Å². The molecule has 1 heterocycles. The molecule has 0 atom stereocenters. The number of carbonyl (C=O) groups is 2. The van der Waals surface area contributed by atoms with Crippen molar-refractivity contribution in [2.75, 3.05) is 0 Å². The maximum atomic E-state index is 11.8. The van der Waals surface area contributed by atoms with Gasteiger partial charge in [-0.15, -0.1) is 0 Å². The highest BCUT2D eigenvalue weighted by atomic mass is 16.6. The molecule has 0 saturated carbocycles. The van der Waals surface area contributed by atoms with Crippen molar-refractivity contribution in [1.29, 1.82) is 0 Å². The van der Waals surface area contributed by atoms with Crippen LogP contribution >= 0.6 is 0 Å². The van der Waals surface area contributed by atoms with Gasteiger partial charge in [-0.3, -0.25) is 4.79 Å². The molecule has 0 saturated heterocycles. The summed E-state index contributed by atoms with van der Waals surface area (Å²) in [5.41, 5.74) is -0.516. The molecule has 1 rings (SSSR count). The van der Waals surface area contributed by atoms with Crippen molar-refractivity contribution in [2.45, 2.75) is 59.2 Å². The SMILES string of the molecule is CC(C)(C)OC(=O)Cc1cnn(C(=O)OC(C)(C)C)c1. The molecule has 6 nitrogen and oxygen atoms in total. The quantitative estimate of drug-likeness (QED) is 0.780. The number of hydrogen-bond donors (Lipinski definition) is 0. The summed E-state index contributed by atoms with van der Waals surface area (Å²) in [5.74, 6) is -0.360. The van der Waals surface area contributed by atoms with Gasteiger partial charge < -0.3 is 9.47 Å². The molecule has 0 aliphatic heterocycles. The molecule has 0 aliphatic carbocycles. The van der Waals surface area contributed by atoms with E-state index >= 15 is 0 Å². The smallest absolute Gasteiger partial charge is 0.435 e. The van der Waals surface area contributed by atoms with Crippen LogP contribution in [-0.4, -0.2) is 33.0 Å². The summed E-state index contributed by atoms with van der Waals surface area (Å²) in [6, 6.07) is 0. The van der Waals surface area contributed by atoms with Crippen molar-refractivity contribution >= 4 is 12.1 Å². The lowest BCUT2D eigenvalue weighted by Crippen LogP contribution is -2.27. The Hall–Kier alpha value is -1.85. The number of hydrogen-bond acceptors (Lipinski definition) is 5. The first-order valence-electron chi connectivity index (χ1n) is 6.45. The minimum absolute atomic E-state index is 0.0695. The van der Waals surface area contributed by atoms with E-state index in [1.165, 1.54) is 12.4 Å². The Labute approximate surface area is 119 Å². The normalized spacial score (nSPS) is 12.1. The van der Waals surface area contributed by atoms with Gasteiger partial charge in [-0.2, -0.15) is 9.78 Å². The van der Waals surface area contributed by atoms with Gasteiger partial charge in [-0.1, -0.05) is 0 Å². The molecule has 1 aromatic heterocycles. The summed E-state index contributed by atoms with van der Waals surface area (Å²) >= 11 is 0. The number of ether oxygens (including phenoxy) is 2. The number of aromatic nitrogens is 2.